The topological polar surface area (TPSA) is 49.3 Å². The number of guanidine groups is 1. The number of hydrogen-bond acceptors (Lipinski definition) is 3. The van der Waals surface area contributed by atoms with Crippen molar-refractivity contribution < 1.29 is 0 Å². The minimum atomic E-state index is 0. The molecule has 0 bridgehead atoms. The van der Waals surface area contributed by atoms with Crippen molar-refractivity contribution in [1.29, 1.82) is 0 Å². The lowest BCUT2D eigenvalue weighted by molar-refractivity contribution is 0.255. The van der Waals surface area contributed by atoms with E-state index in [4.69, 9.17) is 0 Å². The highest BCUT2D eigenvalue weighted by Gasteiger charge is 2.24. The summed E-state index contributed by atoms with van der Waals surface area (Å²) in [5, 5.41) is 8.09. The first-order valence-electron chi connectivity index (χ1n) is 8.01. The van der Waals surface area contributed by atoms with Crippen molar-refractivity contribution in [2.45, 2.75) is 59.0 Å². The summed E-state index contributed by atoms with van der Waals surface area (Å²) in [6.45, 7) is 7.61. The van der Waals surface area contributed by atoms with Gasteiger partial charge in [0.15, 0.2) is 5.96 Å². The van der Waals surface area contributed by atoms with Crippen molar-refractivity contribution in [2.24, 2.45) is 16.8 Å². The van der Waals surface area contributed by atoms with E-state index >= 15 is 0 Å². The molecule has 1 aliphatic carbocycles. The van der Waals surface area contributed by atoms with Gasteiger partial charge in [0, 0.05) is 24.2 Å². The van der Waals surface area contributed by atoms with Crippen molar-refractivity contribution in [3.63, 3.8) is 0 Å². The fraction of sp³-hybridized carbons (Fsp3) is 0.750. The second-order valence-electron chi connectivity index (χ2n) is 6.26. The molecule has 0 aliphatic heterocycles. The van der Waals surface area contributed by atoms with Crippen LogP contribution in [0, 0.1) is 11.8 Å². The van der Waals surface area contributed by atoms with Crippen molar-refractivity contribution >= 4 is 41.3 Å². The van der Waals surface area contributed by atoms with E-state index in [0.717, 1.165) is 35.8 Å². The first-order valence-corrected chi connectivity index (χ1v) is 8.83. The second kappa shape index (κ2) is 9.70. The van der Waals surface area contributed by atoms with Crippen LogP contribution in [0.1, 0.15) is 49.9 Å². The maximum Gasteiger partial charge on any atom is 0.191 e. The molecule has 2 unspecified atom stereocenters. The van der Waals surface area contributed by atoms with Gasteiger partial charge in [0.05, 0.1) is 6.54 Å². The Labute approximate surface area is 155 Å². The Balaban J connectivity index is 0.00000242. The van der Waals surface area contributed by atoms with Gasteiger partial charge >= 0.3 is 0 Å². The van der Waals surface area contributed by atoms with Crippen LogP contribution in [0.4, 0.5) is 0 Å². The third-order valence-electron chi connectivity index (χ3n) is 4.10. The Morgan fingerprint density at radius 1 is 1.32 bits per heavy atom. The second-order valence-corrected chi connectivity index (χ2v) is 7.46. The quantitative estimate of drug-likeness (QED) is 0.429. The molecule has 0 aromatic carbocycles. The predicted molar refractivity (Wildman–Crippen MR) is 106 cm³/mol. The van der Waals surface area contributed by atoms with E-state index in [1.165, 1.54) is 24.1 Å². The van der Waals surface area contributed by atoms with Crippen LogP contribution in [0.25, 0.3) is 0 Å². The summed E-state index contributed by atoms with van der Waals surface area (Å²) in [6.07, 6.45) is 6.86. The zero-order valence-corrected chi connectivity index (χ0v) is 17.2. The van der Waals surface area contributed by atoms with E-state index in [9.17, 15) is 0 Å². The number of aryl methyl sites for hydroxylation is 1. The summed E-state index contributed by atoms with van der Waals surface area (Å²) in [7, 11) is 1.84. The molecular weight excluding hydrogens is 407 g/mol. The maximum atomic E-state index is 4.44. The van der Waals surface area contributed by atoms with Gasteiger partial charge in [-0.3, -0.25) is 4.99 Å². The average Bonchev–Trinajstić information content (AvgIpc) is 2.90. The number of aliphatic imine (C=N–C) groups is 1. The van der Waals surface area contributed by atoms with Crippen LogP contribution in [0.15, 0.2) is 11.2 Å². The van der Waals surface area contributed by atoms with Crippen molar-refractivity contribution in [1.82, 2.24) is 15.6 Å². The van der Waals surface area contributed by atoms with Gasteiger partial charge in [0.1, 0.15) is 5.01 Å². The summed E-state index contributed by atoms with van der Waals surface area (Å²) in [4.78, 5) is 10.1. The van der Waals surface area contributed by atoms with Crippen LogP contribution >= 0.6 is 35.3 Å². The van der Waals surface area contributed by atoms with Gasteiger partial charge < -0.3 is 10.6 Å². The van der Waals surface area contributed by atoms with Crippen molar-refractivity contribution in [2.75, 3.05) is 7.05 Å². The molecule has 2 rings (SSSR count). The number of nitrogens with zero attached hydrogens (tertiary/aromatic N) is 2. The predicted octanol–water partition coefficient (Wildman–Crippen LogP) is 3.81. The molecule has 126 valence electrons. The molecule has 0 radical (unpaired) electrons. The smallest absolute Gasteiger partial charge is 0.191 e. The first-order chi connectivity index (χ1) is 10.1. The summed E-state index contributed by atoms with van der Waals surface area (Å²) < 4.78 is 0. The molecule has 0 spiro atoms. The van der Waals surface area contributed by atoms with E-state index in [1.807, 2.05) is 13.2 Å². The number of hydrogen-bond donors (Lipinski definition) is 2. The van der Waals surface area contributed by atoms with Gasteiger partial charge in [-0.25, -0.2) is 4.98 Å². The third-order valence-corrected chi connectivity index (χ3v) is 5.24. The van der Waals surface area contributed by atoms with E-state index in [0.29, 0.717) is 6.04 Å². The minimum absolute atomic E-state index is 0. The fourth-order valence-corrected chi connectivity index (χ4v) is 4.01. The molecule has 1 heterocycles. The van der Waals surface area contributed by atoms with Crippen LogP contribution in [-0.2, 0) is 13.0 Å². The molecule has 1 fully saturated rings. The fourth-order valence-electron chi connectivity index (χ4n) is 3.21. The molecule has 0 saturated heterocycles. The molecule has 2 atom stereocenters. The monoisotopic (exact) mass is 436 g/mol. The van der Waals surface area contributed by atoms with Gasteiger partial charge in [0.25, 0.3) is 0 Å². The van der Waals surface area contributed by atoms with Crippen LogP contribution in [0.5, 0.6) is 0 Å². The summed E-state index contributed by atoms with van der Waals surface area (Å²) in [5.41, 5.74) is 0. The molecule has 6 heteroatoms. The Morgan fingerprint density at radius 2 is 2.00 bits per heavy atom. The van der Waals surface area contributed by atoms with E-state index in [-0.39, 0.29) is 24.0 Å². The van der Waals surface area contributed by atoms with Crippen LogP contribution in [0.3, 0.4) is 0 Å². The Bertz CT molecular complexity index is 464. The molecule has 1 aliphatic rings. The highest BCUT2D eigenvalue weighted by atomic mass is 127. The van der Waals surface area contributed by atoms with E-state index < -0.39 is 0 Å². The zero-order valence-electron chi connectivity index (χ0n) is 14.1. The van der Waals surface area contributed by atoms with Gasteiger partial charge in [-0.15, -0.1) is 35.3 Å². The number of nitrogens with one attached hydrogen (secondary N) is 2. The largest absolute Gasteiger partial charge is 0.354 e. The highest BCUT2D eigenvalue weighted by molar-refractivity contribution is 14.0. The van der Waals surface area contributed by atoms with Crippen molar-refractivity contribution in [3.8, 4) is 0 Å². The van der Waals surface area contributed by atoms with E-state index in [1.54, 1.807) is 11.3 Å². The summed E-state index contributed by atoms with van der Waals surface area (Å²) >= 11 is 1.78. The van der Waals surface area contributed by atoms with E-state index in [2.05, 4.69) is 41.4 Å². The first kappa shape index (κ1) is 19.7. The Morgan fingerprint density at radius 3 is 2.55 bits per heavy atom. The Hall–Kier alpha value is -0.370. The van der Waals surface area contributed by atoms with Crippen LogP contribution in [0.2, 0.25) is 0 Å². The normalized spacial score (nSPS) is 25.5. The molecule has 0 amide bonds. The molecule has 2 N–H and O–H groups in total. The van der Waals surface area contributed by atoms with Crippen LogP contribution < -0.4 is 10.6 Å². The van der Waals surface area contributed by atoms with Gasteiger partial charge in [-0.05, 0) is 37.5 Å². The highest BCUT2D eigenvalue weighted by Crippen LogP contribution is 2.28. The minimum Gasteiger partial charge on any atom is -0.354 e. The lowest BCUT2D eigenvalue weighted by atomic mass is 9.80. The molecule has 1 aromatic heterocycles. The van der Waals surface area contributed by atoms with Gasteiger partial charge in [0.2, 0.25) is 0 Å². The van der Waals surface area contributed by atoms with Gasteiger partial charge in [-0.1, -0.05) is 20.8 Å². The number of rotatable bonds is 4. The molecule has 4 nitrogen and oxygen atoms in total. The number of halogens is 1. The SMILES string of the molecule is CCc1cnc(CNC(=NC)NC2CC(C)CC(C)C2)s1.I. The van der Waals surface area contributed by atoms with Gasteiger partial charge in [-0.2, -0.15) is 0 Å². The number of aromatic nitrogens is 1. The molecule has 1 saturated carbocycles. The third kappa shape index (κ3) is 6.02. The standard InChI is InChI=1S/C16H28N4S.HI/c1-5-14-9-18-15(21-14)10-19-16(17-4)20-13-7-11(2)6-12(3)8-13;/h9,11-13H,5-8,10H2,1-4H3,(H2,17,19,20);1H. The lowest BCUT2D eigenvalue weighted by Crippen LogP contribution is -2.45. The Kier molecular flexibility index (Phi) is 8.67. The summed E-state index contributed by atoms with van der Waals surface area (Å²) in [6, 6.07) is 0.539. The molecule has 1 aromatic rings. The zero-order chi connectivity index (χ0) is 15.2. The average molecular weight is 436 g/mol. The number of thiazole rings is 1. The summed E-state index contributed by atoms with van der Waals surface area (Å²) in [5.74, 6) is 2.50. The lowest BCUT2D eigenvalue weighted by Gasteiger charge is -2.32. The maximum absolute atomic E-state index is 4.44. The van der Waals surface area contributed by atoms with Crippen LogP contribution in [-0.4, -0.2) is 24.0 Å². The molecular formula is C16H29IN4S. The molecule has 22 heavy (non-hydrogen) atoms. The van der Waals surface area contributed by atoms with Crippen molar-refractivity contribution in [3.05, 3.63) is 16.1 Å².